The van der Waals surface area contributed by atoms with Crippen molar-refractivity contribution in [2.45, 2.75) is 25.7 Å². The number of piperidine rings is 1. The number of aromatic amines is 1. The molecule has 4 heteroatoms. The molecule has 1 aliphatic rings. The smallest absolute Gasteiger partial charge is 0.107 e. The summed E-state index contributed by atoms with van der Waals surface area (Å²) in [6, 6.07) is 0. The third-order valence-corrected chi connectivity index (χ3v) is 2.67. The summed E-state index contributed by atoms with van der Waals surface area (Å²) in [5.41, 5.74) is 0. The lowest BCUT2D eigenvalue weighted by molar-refractivity contribution is 0.230. The lowest BCUT2D eigenvalue weighted by Gasteiger charge is -2.25. The van der Waals surface area contributed by atoms with Gasteiger partial charge in [0.1, 0.15) is 5.82 Å². The van der Waals surface area contributed by atoms with Gasteiger partial charge in [-0.25, -0.2) is 4.98 Å². The highest BCUT2D eigenvalue weighted by Gasteiger charge is 2.09. The first-order valence-electron chi connectivity index (χ1n) is 5.16. The third-order valence-electron chi connectivity index (χ3n) is 2.67. The highest BCUT2D eigenvalue weighted by Crippen LogP contribution is 2.08. The first-order chi connectivity index (χ1) is 6.45. The lowest BCUT2D eigenvalue weighted by Crippen LogP contribution is -2.31. The van der Waals surface area contributed by atoms with E-state index in [-0.39, 0.29) is 12.4 Å². The summed E-state index contributed by atoms with van der Waals surface area (Å²) >= 11 is 0. The second-order valence-electron chi connectivity index (χ2n) is 3.69. The van der Waals surface area contributed by atoms with Gasteiger partial charge in [0.15, 0.2) is 0 Å². The van der Waals surface area contributed by atoms with Crippen LogP contribution in [-0.4, -0.2) is 34.5 Å². The molecule has 3 nitrogen and oxygen atoms in total. The molecule has 0 spiro atoms. The SMILES string of the molecule is Cl.c1c[nH]c(CCN2CCCCC2)n1. The van der Waals surface area contributed by atoms with Crippen LogP contribution in [0.25, 0.3) is 0 Å². The van der Waals surface area contributed by atoms with E-state index in [0.717, 1.165) is 18.8 Å². The van der Waals surface area contributed by atoms with Crippen molar-refractivity contribution in [3.8, 4) is 0 Å². The van der Waals surface area contributed by atoms with Crippen LogP contribution in [0.5, 0.6) is 0 Å². The molecule has 2 rings (SSSR count). The van der Waals surface area contributed by atoms with E-state index in [4.69, 9.17) is 0 Å². The quantitative estimate of drug-likeness (QED) is 0.835. The summed E-state index contributed by atoms with van der Waals surface area (Å²) in [6.45, 7) is 3.72. The fraction of sp³-hybridized carbons (Fsp3) is 0.700. The Morgan fingerprint density at radius 3 is 2.71 bits per heavy atom. The summed E-state index contributed by atoms with van der Waals surface area (Å²) in [6.07, 6.45) is 8.94. The molecule has 2 heterocycles. The van der Waals surface area contributed by atoms with Crippen LogP contribution in [-0.2, 0) is 6.42 Å². The highest BCUT2D eigenvalue weighted by molar-refractivity contribution is 5.85. The number of likely N-dealkylation sites (tertiary alicyclic amines) is 1. The fourth-order valence-corrected chi connectivity index (χ4v) is 1.88. The van der Waals surface area contributed by atoms with Crippen LogP contribution in [0, 0.1) is 0 Å². The Kier molecular flexibility index (Phi) is 4.98. The fourth-order valence-electron chi connectivity index (χ4n) is 1.88. The van der Waals surface area contributed by atoms with Crippen LogP contribution < -0.4 is 0 Å². The van der Waals surface area contributed by atoms with E-state index in [2.05, 4.69) is 14.9 Å². The maximum Gasteiger partial charge on any atom is 0.107 e. The number of nitrogens with one attached hydrogen (secondary N) is 1. The van der Waals surface area contributed by atoms with Crippen molar-refractivity contribution in [2.24, 2.45) is 0 Å². The van der Waals surface area contributed by atoms with Gasteiger partial charge in [-0.1, -0.05) is 6.42 Å². The Morgan fingerprint density at radius 2 is 2.07 bits per heavy atom. The molecule has 1 aromatic rings. The van der Waals surface area contributed by atoms with E-state index in [9.17, 15) is 0 Å². The Labute approximate surface area is 91.3 Å². The van der Waals surface area contributed by atoms with Crippen LogP contribution in [0.2, 0.25) is 0 Å². The summed E-state index contributed by atoms with van der Waals surface area (Å²) in [4.78, 5) is 9.89. The Hall–Kier alpha value is -0.540. The van der Waals surface area contributed by atoms with Gasteiger partial charge in [-0.3, -0.25) is 0 Å². The number of rotatable bonds is 3. The lowest BCUT2D eigenvalue weighted by atomic mass is 10.1. The van der Waals surface area contributed by atoms with Gasteiger partial charge in [-0.05, 0) is 25.9 Å². The second kappa shape index (κ2) is 6.04. The molecule has 0 radical (unpaired) electrons. The molecule has 0 bridgehead atoms. The normalized spacial score (nSPS) is 17.7. The Morgan fingerprint density at radius 1 is 1.29 bits per heavy atom. The average molecular weight is 216 g/mol. The molecule has 14 heavy (non-hydrogen) atoms. The number of halogens is 1. The first-order valence-corrected chi connectivity index (χ1v) is 5.16. The molecule has 0 atom stereocenters. The first kappa shape index (κ1) is 11.5. The van der Waals surface area contributed by atoms with Crippen molar-refractivity contribution in [3.63, 3.8) is 0 Å². The second-order valence-corrected chi connectivity index (χ2v) is 3.69. The summed E-state index contributed by atoms with van der Waals surface area (Å²) in [5, 5.41) is 0. The van der Waals surface area contributed by atoms with E-state index < -0.39 is 0 Å². The van der Waals surface area contributed by atoms with Gasteiger partial charge < -0.3 is 9.88 Å². The number of aromatic nitrogens is 2. The minimum atomic E-state index is 0. The number of imidazole rings is 1. The van der Waals surface area contributed by atoms with Crippen molar-refractivity contribution >= 4 is 12.4 Å². The van der Waals surface area contributed by atoms with E-state index in [1.54, 1.807) is 0 Å². The van der Waals surface area contributed by atoms with Crippen molar-refractivity contribution in [1.29, 1.82) is 0 Å². The van der Waals surface area contributed by atoms with Gasteiger partial charge in [0, 0.05) is 25.4 Å². The van der Waals surface area contributed by atoms with Gasteiger partial charge in [0.2, 0.25) is 0 Å². The van der Waals surface area contributed by atoms with Gasteiger partial charge in [0.05, 0.1) is 0 Å². The van der Waals surface area contributed by atoms with Crippen LogP contribution in [0.3, 0.4) is 0 Å². The summed E-state index contributed by atoms with van der Waals surface area (Å²) in [5.74, 6) is 1.12. The molecular formula is C10H18ClN3. The van der Waals surface area contributed by atoms with E-state index in [1.165, 1.54) is 32.4 Å². The number of hydrogen-bond acceptors (Lipinski definition) is 2. The van der Waals surface area contributed by atoms with Crippen LogP contribution in [0.1, 0.15) is 25.1 Å². The molecule has 0 aromatic carbocycles. The predicted octanol–water partition coefficient (Wildman–Crippen LogP) is 1.86. The Balaban J connectivity index is 0.000000980. The maximum atomic E-state index is 4.22. The zero-order chi connectivity index (χ0) is 8.93. The van der Waals surface area contributed by atoms with Gasteiger partial charge in [0.25, 0.3) is 0 Å². The topological polar surface area (TPSA) is 31.9 Å². The maximum absolute atomic E-state index is 4.22. The van der Waals surface area contributed by atoms with Crippen molar-refractivity contribution in [3.05, 3.63) is 18.2 Å². The van der Waals surface area contributed by atoms with Gasteiger partial charge in [-0.15, -0.1) is 12.4 Å². The van der Waals surface area contributed by atoms with E-state index >= 15 is 0 Å². The number of nitrogens with zero attached hydrogens (tertiary/aromatic N) is 2. The molecule has 1 fully saturated rings. The molecule has 1 aromatic heterocycles. The zero-order valence-corrected chi connectivity index (χ0v) is 9.22. The molecule has 80 valence electrons. The zero-order valence-electron chi connectivity index (χ0n) is 8.41. The van der Waals surface area contributed by atoms with Crippen LogP contribution >= 0.6 is 12.4 Å². The molecule has 1 aliphatic heterocycles. The predicted molar refractivity (Wildman–Crippen MR) is 59.8 cm³/mol. The minimum absolute atomic E-state index is 0. The van der Waals surface area contributed by atoms with Crippen molar-refractivity contribution in [1.82, 2.24) is 14.9 Å². The molecular weight excluding hydrogens is 198 g/mol. The van der Waals surface area contributed by atoms with E-state index in [1.807, 2.05) is 12.4 Å². The largest absolute Gasteiger partial charge is 0.349 e. The minimum Gasteiger partial charge on any atom is -0.349 e. The van der Waals surface area contributed by atoms with Gasteiger partial charge in [-0.2, -0.15) is 0 Å². The highest BCUT2D eigenvalue weighted by atomic mass is 35.5. The summed E-state index contributed by atoms with van der Waals surface area (Å²) < 4.78 is 0. The standard InChI is InChI=1S/C10H17N3.ClH/c1-2-7-13(8-3-1)9-4-10-11-5-6-12-10;/h5-6H,1-4,7-9H2,(H,11,12);1H. The third kappa shape index (κ3) is 3.31. The molecule has 0 unspecified atom stereocenters. The van der Waals surface area contributed by atoms with Crippen molar-refractivity contribution in [2.75, 3.05) is 19.6 Å². The van der Waals surface area contributed by atoms with Gasteiger partial charge >= 0.3 is 0 Å². The van der Waals surface area contributed by atoms with Crippen LogP contribution in [0.15, 0.2) is 12.4 Å². The number of H-pyrrole nitrogens is 1. The summed E-state index contributed by atoms with van der Waals surface area (Å²) in [7, 11) is 0. The molecule has 1 N–H and O–H groups in total. The number of hydrogen-bond donors (Lipinski definition) is 1. The van der Waals surface area contributed by atoms with Crippen molar-refractivity contribution < 1.29 is 0 Å². The monoisotopic (exact) mass is 215 g/mol. The van der Waals surface area contributed by atoms with E-state index in [0.29, 0.717) is 0 Å². The average Bonchev–Trinajstić information content (AvgIpc) is 2.69. The molecule has 0 aliphatic carbocycles. The van der Waals surface area contributed by atoms with Crippen LogP contribution in [0.4, 0.5) is 0 Å². The molecule has 0 amide bonds. The molecule has 1 saturated heterocycles. The Bertz CT molecular complexity index is 230. The molecule has 0 saturated carbocycles.